The topological polar surface area (TPSA) is 60.9 Å². The molecule has 0 fully saturated rings. The van der Waals surface area contributed by atoms with Gasteiger partial charge in [0.25, 0.3) is 0 Å². The minimum atomic E-state index is -0.655. The summed E-state index contributed by atoms with van der Waals surface area (Å²) in [6.45, 7) is 6.86. The number of nitrogens with zero attached hydrogens (tertiary/aromatic N) is 1. The molecule has 0 aliphatic heterocycles. The van der Waals surface area contributed by atoms with Gasteiger partial charge in [-0.2, -0.15) is 5.10 Å². The third kappa shape index (κ3) is 3.57. The molecule has 0 saturated carbocycles. The van der Waals surface area contributed by atoms with Gasteiger partial charge in [0.1, 0.15) is 0 Å². The van der Waals surface area contributed by atoms with E-state index < -0.39 is 5.60 Å². The molecule has 0 radical (unpaired) electrons. The molecule has 13 heavy (non-hydrogen) atoms. The zero-order chi connectivity index (χ0) is 9.90. The van der Waals surface area contributed by atoms with Crippen LogP contribution in [0.2, 0.25) is 0 Å². The minimum Gasteiger partial charge on any atom is -0.389 e. The minimum absolute atomic E-state index is 0.581. The molecule has 0 unspecified atom stereocenters. The van der Waals surface area contributed by atoms with Crippen LogP contribution in [-0.4, -0.2) is 27.4 Å². The van der Waals surface area contributed by atoms with Gasteiger partial charge >= 0.3 is 0 Å². The van der Waals surface area contributed by atoms with Crippen molar-refractivity contribution in [2.45, 2.75) is 32.9 Å². The highest BCUT2D eigenvalue weighted by molar-refractivity contribution is 5.13. The molecule has 0 aliphatic rings. The van der Waals surface area contributed by atoms with Crippen LogP contribution in [0.5, 0.6) is 0 Å². The Morgan fingerprint density at radius 1 is 1.62 bits per heavy atom. The fraction of sp³-hybridized carbons (Fsp3) is 0.667. The zero-order valence-corrected chi connectivity index (χ0v) is 8.39. The maximum absolute atomic E-state index is 9.43. The van der Waals surface area contributed by atoms with Crippen LogP contribution in [0.4, 0.5) is 0 Å². The zero-order valence-electron chi connectivity index (χ0n) is 8.39. The molecule has 1 rings (SSSR count). The first-order chi connectivity index (χ1) is 5.99. The number of aryl methyl sites for hydroxylation is 1. The molecule has 0 spiro atoms. The second kappa shape index (κ2) is 3.89. The van der Waals surface area contributed by atoms with Crippen molar-refractivity contribution in [3.63, 3.8) is 0 Å². The fourth-order valence-corrected chi connectivity index (χ4v) is 1.06. The van der Waals surface area contributed by atoms with Crippen LogP contribution in [0.1, 0.15) is 25.1 Å². The molecule has 0 amide bonds. The van der Waals surface area contributed by atoms with Gasteiger partial charge in [-0.25, -0.2) is 0 Å². The SMILES string of the molecule is Cc1[nH]ncc1CNCC(C)(C)O. The Bertz CT molecular complexity index is 262. The summed E-state index contributed by atoms with van der Waals surface area (Å²) in [6, 6.07) is 0. The number of hydrogen-bond acceptors (Lipinski definition) is 3. The molecule has 0 bridgehead atoms. The van der Waals surface area contributed by atoms with Crippen molar-refractivity contribution >= 4 is 0 Å². The average Bonchev–Trinajstić information content (AvgIpc) is 2.34. The molecular formula is C9H17N3O. The largest absolute Gasteiger partial charge is 0.389 e. The summed E-state index contributed by atoms with van der Waals surface area (Å²) in [7, 11) is 0. The molecule has 4 nitrogen and oxygen atoms in total. The number of aromatic nitrogens is 2. The first-order valence-corrected chi connectivity index (χ1v) is 4.41. The molecule has 0 atom stereocenters. The van der Waals surface area contributed by atoms with Crippen LogP contribution in [0, 0.1) is 6.92 Å². The van der Waals surface area contributed by atoms with Crippen molar-refractivity contribution in [3.05, 3.63) is 17.5 Å². The van der Waals surface area contributed by atoms with E-state index in [4.69, 9.17) is 0 Å². The van der Waals surface area contributed by atoms with Crippen LogP contribution in [0.3, 0.4) is 0 Å². The molecule has 3 N–H and O–H groups in total. The Hall–Kier alpha value is -0.870. The van der Waals surface area contributed by atoms with Gasteiger partial charge in [-0.05, 0) is 20.8 Å². The Balaban J connectivity index is 2.32. The summed E-state index contributed by atoms with van der Waals surface area (Å²) in [5.41, 5.74) is 1.56. The van der Waals surface area contributed by atoms with Crippen molar-refractivity contribution in [3.8, 4) is 0 Å². The lowest BCUT2D eigenvalue weighted by molar-refractivity contribution is 0.0795. The number of H-pyrrole nitrogens is 1. The van der Waals surface area contributed by atoms with E-state index in [1.54, 1.807) is 20.0 Å². The van der Waals surface area contributed by atoms with Gasteiger partial charge in [-0.3, -0.25) is 5.10 Å². The summed E-state index contributed by atoms with van der Waals surface area (Å²) in [5, 5.41) is 19.4. The van der Waals surface area contributed by atoms with E-state index >= 15 is 0 Å². The van der Waals surface area contributed by atoms with Crippen molar-refractivity contribution in [2.24, 2.45) is 0 Å². The van der Waals surface area contributed by atoms with Crippen molar-refractivity contribution < 1.29 is 5.11 Å². The second-order valence-corrected chi connectivity index (χ2v) is 3.94. The molecule has 74 valence electrons. The normalized spacial score (nSPS) is 12.0. The molecule has 0 saturated heterocycles. The molecule has 1 heterocycles. The summed E-state index contributed by atoms with van der Waals surface area (Å²) < 4.78 is 0. The third-order valence-electron chi connectivity index (χ3n) is 1.81. The number of aliphatic hydroxyl groups is 1. The van der Waals surface area contributed by atoms with Crippen LogP contribution in [0.15, 0.2) is 6.20 Å². The lowest BCUT2D eigenvalue weighted by atomic mass is 10.1. The van der Waals surface area contributed by atoms with Crippen molar-refractivity contribution in [1.82, 2.24) is 15.5 Å². The van der Waals surface area contributed by atoms with E-state index in [2.05, 4.69) is 15.5 Å². The van der Waals surface area contributed by atoms with Crippen LogP contribution < -0.4 is 5.32 Å². The highest BCUT2D eigenvalue weighted by Crippen LogP contribution is 2.03. The smallest absolute Gasteiger partial charge is 0.0715 e. The predicted octanol–water partition coefficient (Wildman–Crippen LogP) is 0.579. The maximum Gasteiger partial charge on any atom is 0.0715 e. The first-order valence-electron chi connectivity index (χ1n) is 4.41. The third-order valence-corrected chi connectivity index (χ3v) is 1.81. The standard InChI is InChI=1S/C9H17N3O/c1-7-8(5-11-12-7)4-10-6-9(2,3)13/h5,10,13H,4,6H2,1-3H3,(H,11,12). The van der Waals surface area contributed by atoms with E-state index in [0.29, 0.717) is 6.54 Å². The first kappa shape index (κ1) is 10.2. The molecule has 4 heteroatoms. The molecule has 1 aromatic heterocycles. The van der Waals surface area contributed by atoms with Gasteiger partial charge < -0.3 is 10.4 Å². The van der Waals surface area contributed by atoms with E-state index in [0.717, 1.165) is 17.8 Å². The van der Waals surface area contributed by atoms with Crippen molar-refractivity contribution in [2.75, 3.05) is 6.54 Å². The van der Waals surface area contributed by atoms with E-state index in [1.165, 1.54) is 0 Å². The number of nitrogens with one attached hydrogen (secondary N) is 2. The second-order valence-electron chi connectivity index (χ2n) is 3.94. The fourth-order valence-electron chi connectivity index (χ4n) is 1.06. The summed E-state index contributed by atoms with van der Waals surface area (Å²) in [4.78, 5) is 0. The highest BCUT2D eigenvalue weighted by atomic mass is 16.3. The molecule has 1 aromatic rings. The predicted molar refractivity (Wildman–Crippen MR) is 51.3 cm³/mol. The van der Waals surface area contributed by atoms with E-state index in [9.17, 15) is 5.11 Å². The van der Waals surface area contributed by atoms with Gasteiger partial charge in [0.05, 0.1) is 11.8 Å². The number of hydrogen-bond donors (Lipinski definition) is 3. The van der Waals surface area contributed by atoms with Gasteiger partial charge in [0, 0.05) is 24.3 Å². The average molecular weight is 183 g/mol. The maximum atomic E-state index is 9.43. The van der Waals surface area contributed by atoms with Crippen LogP contribution >= 0.6 is 0 Å². The van der Waals surface area contributed by atoms with Gasteiger partial charge in [-0.1, -0.05) is 0 Å². The molecule has 0 aromatic carbocycles. The van der Waals surface area contributed by atoms with Crippen LogP contribution in [0.25, 0.3) is 0 Å². The Morgan fingerprint density at radius 2 is 2.31 bits per heavy atom. The molecular weight excluding hydrogens is 166 g/mol. The Kier molecular flexibility index (Phi) is 3.06. The monoisotopic (exact) mass is 183 g/mol. The highest BCUT2D eigenvalue weighted by Gasteiger charge is 2.11. The van der Waals surface area contributed by atoms with Gasteiger partial charge in [-0.15, -0.1) is 0 Å². The number of rotatable bonds is 4. The lowest BCUT2D eigenvalue weighted by Gasteiger charge is -2.17. The Labute approximate surface area is 78.4 Å². The van der Waals surface area contributed by atoms with E-state index in [-0.39, 0.29) is 0 Å². The van der Waals surface area contributed by atoms with Crippen molar-refractivity contribution in [1.29, 1.82) is 0 Å². The Morgan fingerprint density at radius 3 is 2.77 bits per heavy atom. The summed E-state index contributed by atoms with van der Waals surface area (Å²) in [6.07, 6.45) is 1.80. The lowest BCUT2D eigenvalue weighted by Crippen LogP contribution is -2.34. The van der Waals surface area contributed by atoms with Gasteiger partial charge in [0.15, 0.2) is 0 Å². The summed E-state index contributed by atoms with van der Waals surface area (Å²) in [5.74, 6) is 0. The van der Waals surface area contributed by atoms with Gasteiger partial charge in [0.2, 0.25) is 0 Å². The summed E-state index contributed by atoms with van der Waals surface area (Å²) >= 11 is 0. The quantitative estimate of drug-likeness (QED) is 0.640. The van der Waals surface area contributed by atoms with Crippen LogP contribution in [-0.2, 0) is 6.54 Å². The molecule has 0 aliphatic carbocycles. The number of aromatic amines is 1. The van der Waals surface area contributed by atoms with E-state index in [1.807, 2.05) is 6.92 Å².